The van der Waals surface area contributed by atoms with Crippen molar-refractivity contribution in [3.63, 3.8) is 0 Å². The lowest BCUT2D eigenvalue weighted by Crippen LogP contribution is -2.51. The number of ether oxygens (including phenoxy) is 1. The van der Waals surface area contributed by atoms with Gasteiger partial charge in [-0.3, -0.25) is 9.69 Å². The van der Waals surface area contributed by atoms with Gasteiger partial charge in [-0.25, -0.2) is 0 Å². The zero-order chi connectivity index (χ0) is 16.8. The molecule has 1 amide bonds. The molecule has 2 N–H and O–H groups in total. The van der Waals surface area contributed by atoms with E-state index < -0.39 is 5.41 Å². The maximum absolute atomic E-state index is 13.1. The van der Waals surface area contributed by atoms with Gasteiger partial charge in [0, 0.05) is 52.5 Å². The second-order valence-electron chi connectivity index (χ2n) is 7.00. The van der Waals surface area contributed by atoms with E-state index in [1.165, 1.54) is 5.56 Å². The van der Waals surface area contributed by atoms with Crippen LogP contribution >= 0.6 is 0 Å². The molecule has 2 aliphatic rings. The highest BCUT2D eigenvalue weighted by molar-refractivity contribution is 5.83. The zero-order valence-electron chi connectivity index (χ0n) is 14.5. The summed E-state index contributed by atoms with van der Waals surface area (Å²) in [6.07, 6.45) is 2.54. The fourth-order valence-electron chi connectivity index (χ4n) is 3.78. The molecule has 0 radical (unpaired) electrons. The van der Waals surface area contributed by atoms with Crippen LogP contribution in [0.25, 0.3) is 0 Å². The fraction of sp³-hybridized carbons (Fsp3) is 0.632. The zero-order valence-corrected chi connectivity index (χ0v) is 14.5. The Morgan fingerprint density at radius 1 is 1.08 bits per heavy atom. The van der Waals surface area contributed by atoms with Crippen molar-refractivity contribution in [3.8, 4) is 0 Å². The predicted molar refractivity (Wildman–Crippen MR) is 94.5 cm³/mol. The second kappa shape index (κ2) is 8.10. The normalized spacial score (nSPS) is 22.1. The van der Waals surface area contributed by atoms with E-state index in [-0.39, 0.29) is 5.91 Å². The lowest BCUT2D eigenvalue weighted by Gasteiger charge is -2.38. The molecule has 0 saturated carbocycles. The Kier molecular flexibility index (Phi) is 5.87. The van der Waals surface area contributed by atoms with Crippen LogP contribution in [-0.2, 0) is 16.1 Å². The van der Waals surface area contributed by atoms with E-state index in [9.17, 15) is 4.79 Å². The minimum atomic E-state index is -0.396. The van der Waals surface area contributed by atoms with E-state index in [1.807, 2.05) is 11.0 Å². The Labute approximate surface area is 144 Å². The van der Waals surface area contributed by atoms with E-state index in [2.05, 4.69) is 29.2 Å². The van der Waals surface area contributed by atoms with Gasteiger partial charge >= 0.3 is 0 Å². The van der Waals surface area contributed by atoms with Gasteiger partial charge in [0.25, 0.3) is 0 Å². The first-order chi connectivity index (χ1) is 11.7. The summed E-state index contributed by atoms with van der Waals surface area (Å²) in [4.78, 5) is 17.6. The largest absolute Gasteiger partial charge is 0.381 e. The number of rotatable bonds is 4. The number of hydrogen-bond donors (Lipinski definition) is 1. The van der Waals surface area contributed by atoms with Gasteiger partial charge in [-0.2, -0.15) is 0 Å². The number of nitrogens with zero attached hydrogens (tertiary/aromatic N) is 2. The third kappa shape index (κ3) is 3.97. The molecule has 3 rings (SSSR count). The molecule has 24 heavy (non-hydrogen) atoms. The van der Waals surface area contributed by atoms with Crippen LogP contribution in [0.2, 0.25) is 0 Å². The van der Waals surface area contributed by atoms with E-state index in [4.69, 9.17) is 10.5 Å². The van der Waals surface area contributed by atoms with Crippen LogP contribution in [0.4, 0.5) is 0 Å². The van der Waals surface area contributed by atoms with Crippen molar-refractivity contribution in [2.45, 2.75) is 25.8 Å². The minimum Gasteiger partial charge on any atom is -0.381 e. The van der Waals surface area contributed by atoms with Crippen molar-refractivity contribution in [1.82, 2.24) is 9.80 Å². The van der Waals surface area contributed by atoms with Gasteiger partial charge in [-0.15, -0.1) is 0 Å². The van der Waals surface area contributed by atoms with Crippen molar-refractivity contribution in [2.75, 3.05) is 45.9 Å². The molecule has 2 aliphatic heterocycles. The SMILES string of the molecule is NCC1(C(=O)N2CCCN(Cc3ccccc3)CC2)CCOCC1. The summed E-state index contributed by atoms with van der Waals surface area (Å²) in [5, 5.41) is 0. The summed E-state index contributed by atoms with van der Waals surface area (Å²) in [5.74, 6) is 0.245. The molecule has 132 valence electrons. The quantitative estimate of drug-likeness (QED) is 0.908. The first-order valence-electron chi connectivity index (χ1n) is 9.07. The molecule has 0 unspecified atom stereocenters. The van der Waals surface area contributed by atoms with Crippen molar-refractivity contribution >= 4 is 5.91 Å². The van der Waals surface area contributed by atoms with E-state index in [1.54, 1.807) is 0 Å². The molecule has 2 saturated heterocycles. The fourth-order valence-corrected chi connectivity index (χ4v) is 3.78. The smallest absolute Gasteiger partial charge is 0.230 e. The number of carbonyl (C=O) groups is 1. The monoisotopic (exact) mass is 331 g/mol. The van der Waals surface area contributed by atoms with E-state index >= 15 is 0 Å². The maximum Gasteiger partial charge on any atom is 0.230 e. The van der Waals surface area contributed by atoms with Gasteiger partial charge < -0.3 is 15.4 Å². The molecule has 1 aromatic carbocycles. The van der Waals surface area contributed by atoms with Crippen LogP contribution in [0.15, 0.2) is 30.3 Å². The maximum atomic E-state index is 13.1. The first kappa shape index (κ1) is 17.4. The molecule has 0 aromatic heterocycles. The lowest BCUT2D eigenvalue weighted by atomic mass is 9.79. The molecule has 1 aromatic rings. The molecule has 0 aliphatic carbocycles. The molecule has 5 heteroatoms. The van der Waals surface area contributed by atoms with Crippen LogP contribution in [0.3, 0.4) is 0 Å². The van der Waals surface area contributed by atoms with Crippen LogP contribution in [0, 0.1) is 5.41 Å². The van der Waals surface area contributed by atoms with E-state index in [0.29, 0.717) is 19.8 Å². The molecule has 5 nitrogen and oxygen atoms in total. The van der Waals surface area contributed by atoms with Crippen LogP contribution in [0.5, 0.6) is 0 Å². The number of carbonyl (C=O) groups excluding carboxylic acids is 1. The molecule has 2 heterocycles. The van der Waals surface area contributed by atoms with Crippen molar-refractivity contribution < 1.29 is 9.53 Å². The van der Waals surface area contributed by atoms with Gasteiger partial charge in [0.1, 0.15) is 0 Å². The molecular weight excluding hydrogens is 302 g/mol. The van der Waals surface area contributed by atoms with Gasteiger partial charge in [0.05, 0.1) is 5.41 Å². The van der Waals surface area contributed by atoms with E-state index in [0.717, 1.165) is 52.0 Å². The Bertz CT molecular complexity index is 529. The molecule has 0 bridgehead atoms. The molecule has 2 fully saturated rings. The number of benzene rings is 1. The van der Waals surface area contributed by atoms with Crippen LogP contribution in [-0.4, -0.2) is 61.6 Å². The Morgan fingerprint density at radius 3 is 2.54 bits per heavy atom. The first-order valence-corrected chi connectivity index (χ1v) is 9.07. The summed E-state index contributed by atoms with van der Waals surface area (Å²) in [5.41, 5.74) is 6.94. The highest BCUT2D eigenvalue weighted by Gasteiger charge is 2.41. The summed E-state index contributed by atoms with van der Waals surface area (Å²) >= 11 is 0. The third-order valence-corrected chi connectivity index (χ3v) is 5.42. The molecular formula is C19H29N3O2. The average Bonchev–Trinajstić information content (AvgIpc) is 2.88. The van der Waals surface area contributed by atoms with Gasteiger partial charge in [-0.05, 0) is 24.8 Å². The predicted octanol–water partition coefficient (Wildman–Crippen LogP) is 1.48. The standard InChI is InChI=1S/C19H29N3O2/c20-16-19(7-13-24-14-8-19)18(23)22-10-4-9-21(11-12-22)15-17-5-2-1-3-6-17/h1-3,5-6H,4,7-16,20H2. The second-order valence-corrected chi connectivity index (χ2v) is 7.00. The summed E-state index contributed by atoms with van der Waals surface area (Å²) in [6, 6.07) is 10.5. The van der Waals surface area contributed by atoms with Gasteiger partial charge in [0.15, 0.2) is 0 Å². The summed E-state index contributed by atoms with van der Waals surface area (Å²) < 4.78 is 5.44. The topological polar surface area (TPSA) is 58.8 Å². The number of hydrogen-bond acceptors (Lipinski definition) is 4. The third-order valence-electron chi connectivity index (χ3n) is 5.42. The summed E-state index contributed by atoms with van der Waals surface area (Å²) in [6.45, 7) is 6.29. The number of amides is 1. The molecule has 0 atom stereocenters. The van der Waals surface area contributed by atoms with Gasteiger partial charge in [-0.1, -0.05) is 30.3 Å². The highest BCUT2D eigenvalue weighted by Crippen LogP contribution is 2.32. The van der Waals surface area contributed by atoms with Crippen molar-refractivity contribution in [3.05, 3.63) is 35.9 Å². The minimum absolute atomic E-state index is 0.245. The average molecular weight is 331 g/mol. The Hall–Kier alpha value is -1.43. The summed E-state index contributed by atoms with van der Waals surface area (Å²) in [7, 11) is 0. The molecule has 0 spiro atoms. The van der Waals surface area contributed by atoms with Gasteiger partial charge in [0.2, 0.25) is 5.91 Å². The Morgan fingerprint density at radius 2 is 1.83 bits per heavy atom. The number of nitrogens with two attached hydrogens (primary N) is 1. The Balaban J connectivity index is 1.59. The van der Waals surface area contributed by atoms with Crippen LogP contribution < -0.4 is 5.73 Å². The highest BCUT2D eigenvalue weighted by atomic mass is 16.5. The van der Waals surface area contributed by atoms with Crippen molar-refractivity contribution in [2.24, 2.45) is 11.1 Å². The lowest BCUT2D eigenvalue weighted by molar-refractivity contribution is -0.147. The van der Waals surface area contributed by atoms with Crippen LogP contribution in [0.1, 0.15) is 24.8 Å². The van der Waals surface area contributed by atoms with Crippen molar-refractivity contribution in [1.29, 1.82) is 0 Å².